The molecule has 176 valence electrons. The first-order chi connectivity index (χ1) is 16.4. The van der Waals surface area contributed by atoms with Crippen molar-refractivity contribution in [3.8, 4) is 23.0 Å². The number of halogens is 1. The third-order valence-electron chi connectivity index (χ3n) is 4.58. The average Bonchev–Trinajstić information content (AvgIpc) is 2.84. The molecular weight excluding hydrogens is 460 g/mol. The number of rotatable bonds is 9. The molecule has 3 rings (SSSR count). The van der Waals surface area contributed by atoms with Crippen LogP contribution in [0.2, 0.25) is 5.02 Å². The molecule has 0 aromatic heterocycles. The standard InChI is InChI=1S/C25H23ClN2O6/c1-16(33-21-6-4-5-19(26)14-21)24(29)28-27-15-17-7-10-20(11-8-17)34-25(30)18-9-12-22(31-2)23(13-18)32-3/h4-16H,1-3H3,(H,28,29)/b27-15-/t16-/m0/s1. The summed E-state index contributed by atoms with van der Waals surface area (Å²) in [4.78, 5) is 24.6. The summed E-state index contributed by atoms with van der Waals surface area (Å²) in [6, 6.07) is 18.2. The smallest absolute Gasteiger partial charge is 0.343 e. The zero-order valence-electron chi connectivity index (χ0n) is 18.8. The van der Waals surface area contributed by atoms with Crippen LogP contribution in [0.1, 0.15) is 22.8 Å². The third-order valence-corrected chi connectivity index (χ3v) is 4.81. The summed E-state index contributed by atoms with van der Waals surface area (Å²) < 4.78 is 21.3. The predicted molar refractivity (Wildman–Crippen MR) is 128 cm³/mol. The van der Waals surface area contributed by atoms with Crippen LogP contribution >= 0.6 is 11.6 Å². The summed E-state index contributed by atoms with van der Waals surface area (Å²) in [5.41, 5.74) is 3.43. The summed E-state index contributed by atoms with van der Waals surface area (Å²) in [6.07, 6.45) is 0.693. The molecule has 8 nitrogen and oxygen atoms in total. The van der Waals surface area contributed by atoms with Gasteiger partial charge in [-0.05, 0) is 73.2 Å². The Hall–Kier alpha value is -4.04. The first-order valence-corrected chi connectivity index (χ1v) is 10.6. The minimum atomic E-state index is -0.769. The van der Waals surface area contributed by atoms with E-state index in [-0.39, 0.29) is 0 Å². The van der Waals surface area contributed by atoms with Gasteiger partial charge in [0.2, 0.25) is 0 Å². The van der Waals surface area contributed by atoms with Crippen molar-refractivity contribution in [3.05, 3.63) is 82.9 Å². The molecule has 0 aliphatic carbocycles. The van der Waals surface area contributed by atoms with E-state index in [1.165, 1.54) is 20.4 Å². The number of nitrogens with zero attached hydrogens (tertiary/aromatic N) is 1. The fourth-order valence-corrected chi connectivity index (χ4v) is 2.99. The molecule has 0 fully saturated rings. The lowest BCUT2D eigenvalue weighted by Crippen LogP contribution is -2.33. The van der Waals surface area contributed by atoms with Gasteiger partial charge in [-0.3, -0.25) is 4.79 Å². The summed E-state index contributed by atoms with van der Waals surface area (Å²) in [6.45, 7) is 1.60. The Morgan fingerprint density at radius 1 is 0.941 bits per heavy atom. The van der Waals surface area contributed by atoms with Gasteiger partial charge in [0.05, 0.1) is 26.0 Å². The molecule has 34 heavy (non-hydrogen) atoms. The topological polar surface area (TPSA) is 95.5 Å². The highest BCUT2D eigenvalue weighted by molar-refractivity contribution is 6.30. The number of nitrogens with one attached hydrogen (secondary N) is 1. The highest BCUT2D eigenvalue weighted by atomic mass is 35.5. The Morgan fingerprint density at radius 2 is 1.68 bits per heavy atom. The van der Waals surface area contributed by atoms with E-state index in [2.05, 4.69) is 10.5 Å². The van der Waals surface area contributed by atoms with Gasteiger partial charge in [-0.25, -0.2) is 10.2 Å². The summed E-state index contributed by atoms with van der Waals surface area (Å²) in [7, 11) is 3.00. The van der Waals surface area contributed by atoms with Gasteiger partial charge in [0.1, 0.15) is 11.5 Å². The molecule has 9 heteroatoms. The van der Waals surface area contributed by atoms with Crippen molar-refractivity contribution < 1.29 is 28.5 Å². The monoisotopic (exact) mass is 482 g/mol. The SMILES string of the molecule is COc1ccc(C(=O)Oc2ccc(/C=N\NC(=O)[C@H](C)Oc3cccc(Cl)c3)cc2)cc1OC. The van der Waals surface area contributed by atoms with Crippen LogP contribution in [0.15, 0.2) is 71.8 Å². The second kappa shape index (κ2) is 11.7. The molecule has 0 unspecified atom stereocenters. The van der Waals surface area contributed by atoms with E-state index in [1.54, 1.807) is 73.7 Å². The van der Waals surface area contributed by atoms with E-state index >= 15 is 0 Å². The van der Waals surface area contributed by atoms with Crippen molar-refractivity contribution in [1.29, 1.82) is 0 Å². The fraction of sp³-hybridized carbons (Fsp3) is 0.160. The van der Waals surface area contributed by atoms with E-state index in [0.29, 0.717) is 39.1 Å². The molecular formula is C25H23ClN2O6. The Kier molecular flexibility index (Phi) is 8.48. The number of benzene rings is 3. The fourth-order valence-electron chi connectivity index (χ4n) is 2.81. The van der Waals surface area contributed by atoms with Crippen LogP contribution in [-0.4, -0.2) is 38.4 Å². The van der Waals surface area contributed by atoms with Crippen LogP contribution in [0.3, 0.4) is 0 Å². The van der Waals surface area contributed by atoms with E-state index in [1.807, 2.05) is 0 Å². The molecule has 0 aliphatic heterocycles. The highest BCUT2D eigenvalue weighted by Gasteiger charge is 2.14. The van der Waals surface area contributed by atoms with E-state index in [0.717, 1.165) is 0 Å². The first-order valence-electron chi connectivity index (χ1n) is 10.2. The van der Waals surface area contributed by atoms with Gasteiger partial charge < -0.3 is 18.9 Å². The number of hydrogen-bond donors (Lipinski definition) is 1. The molecule has 0 aliphatic rings. The Morgan fingerprint density at radius 3 is 2.35 bits per heavy atom. The van der Waals surface area contributed by atoms with Crippen LogP contribution in [0, 0.1) is 0 Å². The van der Waals surface area contributed by atoms with Crippen LogP contribution in [0.5, 0.6) is 23.0 Å². The number of ether oxygens (including phenoxy) is 4. The van der Waals surface area contributed by atoms with Gasteiger partial charge in [0.15, 0.2) is 17.6 Å². The second-order valence-corrected chi connectivity index (χ2v) is 7.42. The lowest BCUT2D eigenvalue weighted by Gasteiger charge is -2.12. The van der Waals surface area contributed by atoms with Crippen molar-refractivity contribution in [3.63, 3.8) is 0 Å². The predicted octanol–water partition coefficient (Wildman–Crippen LogP) is 4.49. The third kappa shape index (κ3) is 6.73. The van der Waals surface area contributed by atoms with Gasteiger partial charge in [-0.15, -0.1) is 0 Å². The quantitative estimate of drug-likeness (QED) is 0.209. The molecule has 0 saturated heterocycles. The lowest BCUT2D eigenvalue weighted by molar-refractivity contribution is -0.127. The van der Waals surface area contributed by atoms with Crippen molar-refractivity contribution in [2.45, 2.75) is 13.0 Å². The molecule has 1 amide bonds. The van der Waals surface area contributed by atoms with Gasteiger partial charge in [-0.2, -0.15) is 5.10 Å². The normalized spacial score (nSPS) is 11.5. The summed E-state index contributed by atoms with van der Waals surface area (Å²) in [5, 5.41) is 4.45. The largest absolute Gasteiger partial charge is 0.493 e. The number of carbonyl (C=O) groups is 2. The lowest BCUT2D eigenvalue weighted by atomic mass is 10.2. The first kappa shape index (κ1) is 24.6. The van der Waals surface area contributed by atoms with Gasteiger partial charge in [0, 0.05) is 5.02 Å². The number of carbonyl (C=O) groups excluding carboxylic acids is 2. The van der Waals surface area contributed by atoms with Crippen molar-refractivity contribution >= 4 is 29.7 Å². The molecule has 0 bridgehead atoms. The summed E-state index contributed by atoms with van der Waals surface area (Å²) >= 11 is 5.91. The Bertz CT molecular complexity index is 1180. The molecule has 0 radical (unpaired) electrons. The maximum absolute atomic E-state index is 12.4. The van der Waals surface area contributed by atoms with Crippen LogP contribution in [0.25, 0.3) is 0 Å². The number of hydrazone groups is 1. The molecule has 0 spiro atoms. The van der Waals surface area contributed by atoms with Crippen molar-refractivity contribution in [2.75, 3.05) is 14.2 Å². The number of methoxy groups -OCH3 is 2. The number of hydrogen-bond acceptors (Lipinski definition) is 7. The minimum Gasteiger partial charge on any atom is -0.493 e. The second-order valence-electron chi connectivity index (χ2n) is 6.98. The Labute approximate surface area is 202 Å². The maximum atomic E-state index is 12.4. The van der Waals surface area contributed by atoms with Crippen LogP contribution in [-0.2, 0) is 4.79 Å². The minimum absolute atomic E-state index is 0.320. The molecule has 1 atom stereocenters. The Balaban J connectivity index is 1.53. The van der Waals surface area contributed by atoms with Gasteiger partial charge in [-0.1, -0.05) is 17.7 Å². The van der Waals surface area contributed by atoms with E-state index < -0.39 is 18.0 Å². The molecule has 0 heterocycles. The maximum Gasteiger partial charge on any atom is 0.343 e. The highest BCUT2D eigenvalue weighted by Crippen LogP contribution is 2.28. The summed E-state index contributed by atoms with van der Waals surface area (Å²) in [5.74, 6) is 0.819. The zero-order chi connectivity index (χ0) is 24.5. The van der Waals surface area contributed by atoms with Crippen LogP contribution in [0.4, 0.5) is 0 Å². The van der Waals surface area contributed by atoms with E-state index in [9.17, 15) is 9.59 Å². The van der Waals surface area contributed by atoms with Crippen LogP contribution < -0.4 is 24.4 Å². The van der Waals surface area contributed by atoms with Crippen molar-refractivity contribution in [2.24, 2.45) is 5.10 Å². The molecule has 0 saturated carbocycles. The zero-order valence-corrected chi connectivity index (χ0v) is 19.5. The van der Waals surface area contributed by atoms with Crippen molar-refractivity contribution in [1.82, 2.24) is 5.43 Å². The number of esters is 1. The van der Waals surface area contributed by atoms with Gasteiger partial charge in [0.25, 0.3) is 5.91 Å². The van der Waals surface area contributed by atoms with E-state index in [4.69, 9.17) is 30.5 Å². The number of amides is 1. The molecule has 3 aromatic carbocycles. The molecule has 3 aromatic rings. The van der Waals surface area contributed by atoms with Gasteiger partial charge >= 0.3 is 5.97 Å². The molecule has 1 N–H and O–H groups in total. The average molecular weight is 483 g/mol.